The van der Waals surface area contributed by atoms with E-state index in [0.29, 0.717) is 35.5 Å². The number of rotatable bonds is 2. The fourth-order valence-corrected chi connectivity index (χ4v) is 13.4. The van der Waals surface area contributed by atoms with Crippen molar-refractivity contribution in [2.45, 2.75) is 105 Å². The van der Waals surface area contributed by atoms with Gasteiger partial charge in [-0.25, -0.2) is 4.98 Å². The molecule has 43 heavy (non-hydrogen) atoms. The van der Waals surface area contributed by atoms with E-state index in [1.54, 1.807) is 22.7 Å². The molecule has 2 aromatic heterocycles. The van der Waals surface area contributed by atoms with E-state index in [-0.39, 0.29) is 27.1 Å². The number of carbonyl (C=O) groups excluding carboxylic acids is 1. The van der Waals surface area contributed by atoms with Gasteiger partial charge in [0.2, 0.25) is 5.91 Å². The number of nitrogens with zero attached hydrogens (tertiary/aromatic N) is 2. The first-order valence-electron chi connectivity index (χ1n) is 17.2. The van der Waals surface area contributed by atoms with Gasteiger partial charge in [0.05, 0.1) is 5.41 Å². The number of para-hydroxylation sites is 1. The number of carbonyl (C=O) groups is 1. The molecule has 0 saturated heterocycles. The minimum Gasteiger partial charge on any atom is -0.358 e. The van der Waals surface area contributed by atoms with Crippen LogP contribution in [0.4, 0.5) is 0 Å². The maximum Gasteiger partial charge on any atom is 0.238 e. The average molecular weight is 578 g/mol. The number of imidazole rings is 1. The predicted molar refractivity (Wildman–Crippen MR) is 174 cm³/mol. The van der Waals surface area contributed by atoms with E-state index in [1.807, 2.05) is 6.20 Å². The molecule has 4 saturated carbocycles. The summed E-state index contributed by atoms with van der Waals surface area (Å²) in [5, 5.41) is 1.44. The van der Waals surface area contributed by atoms with Gasteiger partial charge in [0.1, 0.15) is 6.33 Å². The molecule has 4 fully saturated rings. The number of benzene rings is 1. The van der Waals surface area contributed by atoms with E-state index in [0.717, 1.165) is 25.7 Å². The Balaban J connectivity index is 1.22. The molecule has 5 aliphatic carbocycles. The highest BCUT2D eigenvalue weighted by Crippen LogP contribution is 2.77. The van der Waals surface area contributed by atoms with Crippen LogP contribution in [0, 0.1) is 51.2 Å². The van der Waals surface area contributed by atoms with E-state index < -0.39 is 0 Å². The summed E-state index contributed by atoms with van der Waals surface area (Å²) < 4.78 is 1.80. The lowest BCUT2D eigenvalue weighted by molar-refractivity contribution is -0.221. The number of fused-ring (bicyclic) bond motifs is 10. The lowest BCUT2D eigenvalue weighted by atomic mass is 9.32. The summed E-state index contributed by atoms with van der Waals surface area (Å²) in [6.07, 6.45) is 15.9. The summed E-state index contributed by atoms with van der Waals surface area (Å²) in [5.41, 5.74) is 6.24. The monoisotopic (exact) mass is 577 g/mol. The van der Waals surface area contributed by atoms with Gasteiger partial charge in [-0.3, -0.25) is 9.36 Å². The summed E-state index contributed by atoms with van der Waals surface area (Å²) in [5.74, 6) is 3.02. The molecule has 8 rings (SSSR count). The third-order valence-corrected chi connectivity index (χ3v) is 15.4. The average Bonchev–Trinajstić information content (AvgIpc) is 3.71. The normalized spacial score (nSPS) is 42.8. The molecule has 4 heteroatoms. The lowest BCUT2D eigenvalue weighted by Crippen LogP contribution is -2.67. The van der Waals surface area contributed by atoms with Crippen molar-refractivity contribution in [1.82, 2.24) is 14.5 Å². The number of nitrogens with one attached hydrogen (secondary N) is 1. The highest BCUT2D eigenvalue weighted by atomic mass is 16.2. The van der Waals surface area contributed by atoms with Crippen LogP contribution in [0.25, 0.3) is 10.9 Å². The summed E-state index contributed by atoms with van der Waals surface area (Å²) in [6.45, 7) is 19.9. The molecule has 9 atom stereocenters. The van der Waals surface area contributed by atoms with Crippen LogP contribution in [0.1, 0.15) is 109 Å². The molecule has 228 valence electrons. The molecule has 1 N–H and O–H groups in total. The fraction of sp³-hybridized carbons (Fsp3) is 0.641. The standard InChI is InChI=1S/C39H51N3O/c1-24(2)25-14-17-39(34(43)42-21-20-40-23-42)19-18-37(6)28(32(25)39)12-13-31-36(5)22-27-26-10-8-9-11-29(26)41-33(27)35(3,4)30(36)15-16-38(31,37)7/h8-11,20-21,23,25,28,30-32,41H,1,12-19,22H2,2-7H3/t25-,28+,30-,31+,32+,36-,37+,38+,39-/m0/s1. The number of aromatic amines is 1. The number of hydrogen-bond donors (Lipinski definition) is 1. The van der Waals surface area contributed by atoms with Gasteiger partial charge in [0.25, 0.3) is 0 Å². The Kier molecular flexibility index (Phi) is 5.68. The molecule has 0 radical (unpaired) electrons. The summed E-state index contributed by atoms with van der Waals surface area (Å²) in [6, 6.07) is 9.01. The topological polar surface area (TPSA) is 50.7 Å². The number of allylic oxidation sites excluding steroid dienone is 1. The van der Waals surface area contributed by atoms with Crippen molar-refractivity contribution in [3.63, 3.8) is 0 Å². The van der Waals surface area contributed by atoms with E-state index in [4.69, 9.17) is 0 Å². The van der Waals surface area contributed by atoms with Gasteiger partial charge in [0, 0.05) is 34.4 Å². The molecular formula is C39H51N3O. The summed E-state index contributed by atoms with van der Waals surface area (Å²) in [7, 11) is 0. The van der Waals surface area contributed by atoms with Gasteiger partial charge >= 0.3 is 0 Å². The number of H-pyrrole nitrogens is 1. The van der Waals surface area contributed by atoms with Gasteiger partial charge in [-0.1, -0.05) is 65.0 Å². The van der Waals surface area contributed by atoms with Crippen LogP contribution >= 0.6 is 0 Å². The van der Waals surface area contributed by atoms with E-state index in [9.17, 15) is 4.79 Å². The van der Waals surface area contributed by atoms with E-state index >= 15 is 0 Å². The third kappa shape index (κ3) is 3.29. The molecule has 3 aromatic rings. The second kappa shape index (κ2) is 8.76. The molecule has 4 nitrogen and oxygen atoms in total. The maximum absolute atomic E-state index is 14.4. The van der Waals surface area contributed by atoms with Crippen LogP contribution in [-0.2, 0) is 11.8 Å². The molecule has 0 amide bonds. The van der Waals surface area contributed by atoms with Crippen LogP contribution in [0.2, 0.25) is 0 Å². The highest BCUT2D eigenvalue weighted by Gasteiger charge is 2.72. The minimum absolute atomic E-state index is 0.121. The summed E-state index contributed by atoms with van der Waals surface area (Å²) >= 11 is 0. The Bertz CT molecular complexity index is 1630. The smallest absolute Gasteiger partial charge is 0.238 e. The van der Waals surface area contributed by atoms with Gasteiger partial charge < -0.3 is 4.98 Å². The van der Waals surface area contributed by atoms with Crippen molar-refractivity contribution in [2.24, 2.45) is 51.2 Å². The maximum atomic E-state index is 14.4. The zero-order valence-electron chi connectivity index (χ0n) is 27.3. The lowest BCUT2D eigenvalue weighted by Gasteiger charge is -2.72. The van der Waals surface area contributed by atoms with Crippen molar-refractivity contribution >= 4 is 16.8 Å². The number of aromatic nitrogens is 3. The largest absolute Gasteiger partial charge is 0.358 e. The van der Waals surface area contributed by atoms with Crippen LogP contribution in [0.15, 0.2) is 55.1 Å². The van der Waals surface area contributed by atoms with Crippen molar-refractivity contribution in [3.8, 4) is 0 Å². The molecule has 1 aromatic carbocycles. The van der Waals surface area contributed by atoms with Gasteiger partial charge in [-0.05, 0) is 122 Å². The van der Waals surface area contributed by atoms with Gasteiger partial charge in [-0.2, -0.15) is 0 Å². The Labute approximate surface area is 258 Å². The van der Waals surface area contributed by atoms with Gasteiger partial charge in [-0.15, -0.1) is 0 Å². The van der Waals surface area contributed by atoms with Crippen LogP contribution in [-0.4, -0.2) is 20.4 Å². The van der Waals surface area contributed by atoms with Crippen LogP contribution < -0.4 is 0 Å². The van der Waals surface area contributed by atoms with Crippen LogP contribution in [0.3, 0.4) is 0 Å². The number of hydrogen-bond acceptors (Lipinski definition) is 2. The van der Waals surface area contributed by atoms with Crippen molar-refractivity contribution in [3.05, 3.63) is 66.4 Å². The Morgan fingerprint density at radius 3 is 2.49 bits per heavy atom. The fourth-order valence-electron chi connectivity index (χ4n) is 13.4. The third-order valence-electron chi connectivity index (χ3n) is 15.4. The van der Waals surface area contributed by atoms with Crippen molar-refractivity contribution < 1.29 is 4.79 Å². The van der Waals surface area contributed by atoms with E-state index in [1.165, 1.54) is 54.3 Å². The first-order chi connectivity index (χ1) is 20.4. The van der Waals surface area contributed by atoms with Crippen molar-refractivity contribution in [1.29, 1.82) is 0 Å². The molecule has 5 aliphatic rings. The Morgan fingerprint density at radius 2 is 1.74 bits per heavy atom. The SMILES string of the molecule is C=C(C)[C@@H]1CC[C@]2(C(=O)n3ccnc3)CC[C@]3(C)[C@H](CC[C@@H]4[C@@]5(C)Cc6c([nH]c7ccccc67)C(C)(C)[C@@H]5CC[C@]43C)[C@@H]12. The van der Waals surface area contributed by atoms with Gasteiger partial charge in [0.15, 0.2) is 0 Å². The quantitative estimate of drug-likeness (QED) is 0.309. The Morgan fingerprint density at radius 1 is 0.953 bits per heavy atom. The Hall–Kier alpha value is -2.62. The molecule has 0 bridgehead atoms. The first-order valence-corrected chi connectivity index (χ1v) is 17.2. The molecule has 0 aliphatic heterocycles. The highest BCUT2D eigenvalue weighted by molar-refractivity contribution is 5.86. The van der Waals surface area contributed by atoms with Crippen molar-refractivity contribution in [2.75, 3.05) is 0 Å². The minimum atomic E-state index is -0.287. The second-order valence-electron chi connectivity index (χ2n) is 17.0. The van der Waals surface area contributed by atoms with E-state index in [2.05, 4.69) is 82.4 Å². The summed E-state index contributed by atoms with van der Waals surface area (Å²) in [4.78, 5) is 22.6. The first kappa shape index (κ1) is 27.9. The zero-order chi connectivity index (χ0) is 30.2. The predicted octanol–water partition coefficient (Wildman–Crippen LogP) is 9.38. The molecule has 0 unspecified atom stereocenters. The second-order valence-corrected chi connectivity index (χ2v) is 17.0. The zero-order valence-corrected chi connectivity index (χ0v) is 27.3. The molecule has 0 spiro atoms. The molecular weight excluding hydrogens is 526 g/mol. The van der Waals surface area contributed by atoms with Crippen LogP contribution in [0.5, 0.6) is 0 Å². The molecule has 2 heterocycles.